The van der Waals surface area contributed by atoms with Crippen LogP contribution in [0.25, 0.3) is 74.4 Å². The van der Waals surface area contributed by atoms with E-state index in [1.807, 2.05) is 60.7 Å². The monoisotopic (exact) mass is 660 g/mol. The van der Waals surface area contributed by atoms with Crippen LogP contribution in [0.2, 0.25) is 0 Å². The average Bonchev–Trinajstić information content (AvgIpc) is 3.55. The number of fused-ring (bicyclic) bond motifs is 10. The van der Waals surface area contributed by atoms with Gasteiger partial charge in [0.25, 0.3) is 0 Å². The fourth-order valence-electron chi connectivity index (χ4n) is 7.77. The molecule has 0 spiro atoms. The van der Waals surface area contributed by atoms with Gasteiger partial charge < -0.3 is 4.57 Å². The molecule has 0 aliphatic carbocycles. The first-order chi connectivity index (χ1) is 24.2. The van der Waals surface area contributed by atoms with Crippen LogP contribution in [0.5, 0.6) is 0 Å². The van der Waals surface area contributed by atoms with Gasteiger partial charge in [0, 0.05) is 36.1 Å². The van der Waals surface area contributed by atoms with Crippen molar-refractivity contribution >= 4 is 97.7 Å². The first-order valence-electron chi connectivity index (χ1n) is 16.6. The molecule has 1 aromatic heterocycles. The normalized spacial score (nSPS) is 12.2. The summed E-state index contributed by atoms with van der Waals surface area (Å²) in [5.41, 5.74) is 2.41. The maximum Gasteiger partial charge on any atom is 0.171 e. The summed E-state index contributed by atoms with van der Waals surface area (Å²) < 4.78 is 17.7. The van der Waals surface area contributed by atoms with Crippen LogP contribution < -0.4 is 15.9 Å². The first-order valence-corrected chi connectivity index (χ1v) is 19.1. The molecule has 0 atom stereocenters. The Morgan fingerprint density at radius 1 is 0.347 bits per heavy atom. The van der Waals surface area contributed by atoms with Gasteiger partial charge >= 0.3 is 0 Å². The van der Waals surface area contributed by atoms with E-state index in [2.05, 4.69) is 115 Å². The molecule has 49 heavy (non-hydrogen) atoms. The lowest BCUT2D eigenvalue weighted by Crippen LogP contribution is -2.24. The summed E-state index contributed by atoms with van der Waals surface area (Å²) in [4.78, 5) is 0. The van der Waals surface area contributed by atoms with Gasteiger partial charge in [0.15, 0.2) is 7.14 Å². The highest BCUT2D eigenvalue weighted by Crippen LogP contribution is 2.46. The van der Waals surface area contributed by atoms with E-state index in [0.717, 1.165) is 21.3 Å². The van der Waals surface area contributed by atoms with Gasteiger partial charge in [-0.05, 0) is 90.6 Å². The molecule has 230 valence electrons. The van der Waals surface area contributed by atoms with E-state index in [0.29, 0.717) is 0 Å². The first kappa shape index (κ1) is 28.5. The molecule has 10 aromatic rings. The Labute approximate surface area is 288 Å². The van der Waals surface area contributed by atoms with Crippen LogP contribution in [0.1, 0.15) is 0 Å². The van der Waals surface area contributed by atoms with Crippen molar-refractivity contribution in [3.8, 4) is 11.1 Å². The van der Waals surface area contributed by atoms with Gasteiger partial charge in [0.05, 0.1) is 0 Å². The molecule has 0 amide bonds. The maximum atomic E-state index is 15.3. The van der Waals surface area contributed by atoms with E-state index in [4.69, 9.17) is 0 Å². The van der Waals surface area contributed by atoms with E-state index in [1.54, 1.807) is 11.3 Å². The molecular weight excluding hydrogens is 632 g/mol. The average molecular weight is 661 g/mol. The van der Waals surface area contributed by atoms with Gasteiger partial charge in [-0.25, -0.2) is 0 Å². The van der Waals surface area contributed by atoms with Crippen molar-refractivity contribution in [1.82, 2.24) is 0 Å². The third kappa shape index (κ3) is 4.35. The summed E-state index contributed by atoms with van der Waals surface area (Å²) in [6.07, 6.45) is 0. The molecule has 0 saturated heterocycles. The minimum Gasteiger partial charge on any atom is -0.309 e. The van der Waals surface area contributed by atoms with Crippen LogP contribution in [0.4, 0.5) is 0 Å². The predicted molar refractivity (Wildman–Crippen MR) is 214 cm³/mol. The Hall–Kier alpha value is -5.53. The highest BCUT2D eigenvalue weighted by atomic mass is 32.1. The van der Waals surface area contributed by atoms with Crippen LogP contribution in [0.3, 0.4) is 0 Å². The Kier molecular flexibility index (Phi) is 6.40. The van der Waals surface area contributed by atoms with Crippen LogP contribution in [0.15, 0.2) is 176 Å². The molecule has 0 saturated carbocycles. The molecule has 0 unspecified atom stereocenters. The van der Waals surface area contributed by atoms with E-state index in [9.17, 15) is 0 Å². The van der Waals surface area contributed by atoms with Gasteiger partial charge in [-0.1, -0.05) is 140 Å². The van der Waals surface area contributed by atoms with Crippen LogP contribution in [-0.4, -0.2) is 0 Å². The van der Waals surface area contributed by atoms with E-state index in [-0.39, 0.29) is 0 Å². The maximum absolute atomic E-state index is 15.3. The van der Waals surface area contributed by atoms with Crippen LogP contribution in [0, 0.1) is 0 Å². The second-order valence-electron chi connectivity index (χ2n) is 12.8. The summed E-state index contributed by atoms with van der Waals surface area (Å²) in [6, 6.07) is 62.1. The SMILES string of the molecule is O=P(c1ccccc1)(c1ccccc1)c1ccc2sc3ccc(-c4cc5c(ccc6c7ccccc7ccc65)c5ccccc45)cc3c2c1. The van der Waals surface area contributed by atoms with Gasteiger partial charge in [0.1, 0.15) is 0 Å². The van der Waals surface area contributed by atoms with Gasteiger partial charge in [-0.2, -0.15) is 0 Å². The molecule has 0 radical (unpaired) electrons. The third-order valence-corrected chi connectivity index (χ3v) is 14.3. The van der Waals surface area contributed by atoms with Crippen molar-refractivity contribution in [2.45, 2.75) is 0 Å². The highest BCUT2D eigenvalue weighted by Gasteiger charge is 2.30. The molecule has 9 aromatic carbocycles. The van der Waals surface area contributed by atoms with Gasteiger partial charge in [-0.3, -0.25) is 0 Å². The zero-order valence-electron chi connectivity index (χ0n) is 26.5. The van der Waals surface area contributed by atoms with E-state index >= 15 is 4.57 Å². The van der Waals surface area contributed by atoms with Gasteiger partial charge in [0.2, 0.25) is 0 Å². The summed E-state index contributed by atoms with van der Waals surface area (Å²) in [6.45, 7) is 0. The molecular formula is C46H29OPS. The fraction of sp³-hybridized carbons (Fsp3) is 0. The Morgan fingerprint density at radius 2 is 0.878 bits per heavy atom. The van der Waals surface area contributed by atoms with Crippen molar-refractivity contribution in [2.75, 3.05) is 0 Å². The van der Waals surface area contributed by atoms with Crippen LogP contribution in [-0.2, 0) is 4.57 Å². The molecule has 10 rings (SSSR count). The largest absolute Gasteiger partial charge is 0.309 e. The Bertz CT molecular complexity index is 2920. The number of rotatable bonds is 4. The number of hydrogen-bond acceptors (Lipinski definition) is 2. The summed E-state index contributed by atoms with van der Waals surface area (Å²) in [5.74, 6) is 0. The molecule has 0 fully saturated rings. The molecule has 3 heteroatoms. The van der Waals surface area contributed by atoms with Crippen molar-refractivity contribution in [2.24, 2.45) is 0 Å². The highest BCUT2D eigenvalue weighted by molar-refractivity contribution is 7.85. The number of hydrogen-bond donors (Lipinski definition) is 0. The van der Waals surface area contributed by atoms with E-state index in [1.165, 1.54) is 69.0 Å². The molecule has 0 aliphatic rings. The topological polar surface area (TPSA) is 17.1 Å². The second-order valence-corrected chi connectivity index (χ2v) is 16.6. The fourth-order valence-corrected chi connectivity index (χ4v) is 11.5. The molecule has 1 heterocycles. The summed E-state index contributed by atoms with van der Waals surface area (Å²) in [7, 11) is -3.10. The number of benzene rings is 9. The quantitative estimate of drug-likeness (QED) is 0.136. The van der Waals surface area contributed by atoms with Crippen molar-refractivity contribution in [3.63, 3.8) is 0 Å². The van der Waals surface area contributed by atoms with Gasteiger partial charge in [-0.15, -0.1) is 11.3 Å². The minimum atomic E-state index is -3.10. The molecule has 0 bridgehead atoms. The zero-order chi connectivity index (χ0) is 32.5. The smallest absolute Gasteiger partial charge is 0.171 e. The number of thiophene rings is 1. The van der Waals surface area contributed by atoms with E-state index < -0.39 is 7.14 Å². The second kappa shape index (κ2) is 11.0. The minimum absolute atomic E-state index is 0.850. The summed E-state index contributed by atoms with van der Waals surface area (Å²) in [5, 5.41) is 15.0. The lowest BCUT2D eigenvalue weighted by molar-refractivity contribution is 0.592. The van der Waals surface area contributed by atoms with Crippen molar-refractivity contribution < 1.29 is 4.57 Å². The lowest BCUT2D eigenvalue weighted by Gasteiger charge is -2.20. The Morgan fingerprint density at radius 3 is 1.59 bits per heavy atom. The predicted octanol–water partition coefficient (Wildman–Crippen LogP) is 12.0. The Balaban J connectivity index is 1.22. The van der Waals surface area contributed by atoms with Crippen molar-refractivity contribution in [1.29, 1.82) is 0 Å². The van der Waals surface area contributed by atoms with Crippen LogP contribution >= 0.6 is 18.5 Å². The molecule has 0 N–H and O–H groups in total. The standard InChI is InChI=1S/C46H29OPS/c47-48(32-12-3-1-4-13-32,33-14-5-2-6-15-33)34-21-26-46-44(28-34)43-27-31(20-25-45(43)49-46)41-29-42-39-22-19-30-11-7-8-16-35(30)38(39)23-24-40(42)36-17-9-10-18-37(36)41/h1-29H. The van der Waals surface area contributed by atoms with Crippen molar-refractivity contribution in [3.05, 3.63) is 176 Å². The molecule has 0 aliphatic heterocycles. The summed E-state index contributed by atoms with van der Waals surface area (Å²) >= 11 is 1.80. The zero-order valence-corrected chi connectivity index (χ0v) is 28.2. The molecule has 1 nitrogen and oxygen atoms in total. The lowest BCUT2D eigenvalue weighted by atomic mass is 9.89. The third-order valence-electron chi connectivity index (χ3n) is 10.1.